The molecular weight excluding hydrogens is 443 g/mol. The summed E-state index contributed by atoms with van der Waals surface area (Å²) >= 11 is 1.41. The number of hydrogen-bond acceptors (Lipinski definition) is 5. The molecule has 1 saturated heterocycles. The molecule has 2 aromatic carbocycles. The van der Waals surface area contributed by atoms with Gasteiger partial charge in [0, 0.05) is 30.1 Å². The largest absolute Gasteiger partial charge is 0.416 e. The monoisotopic (exact) mass is 465 g/mol. The Hall–Kier alpha value is -2.56. The number of benzene rings is 2. The number of rotatable bonds is 5. The minimum absolute atomic E-state index is 0.116. The van der Waals surface area contributed by atoms with Crippen molar-refractivity contribution >= 4 is 29.3 Å². The van der Waals surface area contributed by atoms with Crippen LogP contribution in [0.15, 0.2) is 47.4 Å². The van der Waals surface area contributed by atoms with Crippen LogP contribution in [0.2, 0.25) is 0 Å². The van der Waals surface area contributed by atoms with Gasteiger partial charge in [0.15, 0.2) is 0 Å². The number of amides is 2. The van der Waals surface area contributed by atoms with Crippen molar-refractivity contribution in [2.45, 2.75) is 17.1 Å². The molecule has 0 spiro atoms. The molecule has 2 aromatic rings. The Kier molecular flexibility index (Phi) is 6.73. The molecule has 0 radical (unpaired) electrons. The van der Waals surface area contributed by atoms with Crippen molar-refractivity contribution in [1.29, 1.82) is 0 Å². The van der Waals surface area contributed by atoms with E-state index in [4.69, 9.17) is 4.74 Å². The van der Waals surface area contributed by atoms with Gasteiger partial charge in [-0.05, 0) is 35.9 Å². The van der Waals surface area contributed by atoms with Crippen molar-refractivity contribution in [3.63, 3.8) is 0 Å². The molecule has 1 atom stereocenters. The van der Waals surface area contributed by atoms with Gasteiger partial charge in [-0.3, -0.25) is 14.5 Å². The van der Waals surface area contributed by atoms with Crippen molar-refractivity contribution in [3.05, 3.63) is 59.2 Å². The van der Waals surface area contributed by atoms with E-state index in [0.717, 1.165) is 17.0 Å². The Bertz CT molecular complexity index is 992. The summed E-state index contributed by atoms with van der Waals surface area (Å²) in [4.78, 5) is 27.4. The zero-order valence-corrected chi connectivity index (χ0v) is 17.9. The van der Waals surface area contributed by atoms with Gasteiger partial charge in [-0.2, -0.15) is 13.2 Å². The number of carbonyl (C=O) groups is 2. The topological polar surface area (TPSA) is 70.7 Å². The maximum Gasteiger partial charge on any atom is 0.416 e. The highest BCUT2D eigenvalue weighted by atomic mass is 32.2. The molecule has 1 unspecified atom stereocenters. The molecule has 2 heterocycles. The molecule has 2 N–H and O–H groups in total. The van der Waals surface area contributed by atoms with Gasteiger partial charge in [0.1, 0.15) is 0 Å². The number of fused-ring (bicyclic) bond motifs is 1. The van der Waals surface area contributed by atoms with Crippen LogP contribution in [-0.2, 0) is 15.7 Å². The third-order valence-electron chi connectivity index (χ3n) is 5.44. The summed E-state index contributed by atoms with van der Waals surface area (Å²) in [6, 6.07) is 9.88. The highest BCUT2D eigenvalue weighted by Crippen LogP contribution is 2.33. The minimum atomic E-state index is -4.40. The van der Waals surface area contributed by atoms with Crippen molar-refractivity contribution in [2.24, 2.45) is 0 Å². The predicted molar refractivity (Wildman–Crippen MR) is 115 cm³/mol. The van der Waals surface area contributed by atoms with E-state index >= 15 is 0 Å². The zero-order chi connectivity index (χ0) is 22.7. The number of carbonyl (C=O) groups excluding carboxylic acids is 2. The zero-order valence-electron chi connectivity index (χ0n) is 17.1. The first kappa shape index (κ1) is 22.6. The van der Waals surface area contributed by atoms with Gasteiger partial charge in [-0.15, -0.1) is 11.8 Å². The summed E-state index contributed by atoms with van der Waals surface area (Å²) in [6.45, 7) is 2.50. The Morgan fingerprint density at radius 2 is 1.88 bits per heavy atom. The Morgan fingerprint density at radius 1 is 1.16 bits per heavy atom. The number of nitrogens with one attached hydrogen (secondary N) is 2. The van der Waals surface area contributed by atoms with E-state index < -0.39 is 11.7 Å². The lowest BCUT2D eigenvalue weighted by atomic mass is 10.0. The van der Waals surface area contributed by atoms with Gasteiger partial charge in [0.2, 0.25) is 5.91 Å². The average molecular weight is 465 g/mol. The first-order valence-corrected chi connectivity index (χ1v) is 11.1. The Morgan fingerprint density at radius 3 is 2.56 bits per heavy atom. The predicted octanol–water partition coefficient (Wildman–Crippen LogP) is 3.55. The summed E-state index contributed by atoms with van der Waals surface area (Å²) < 4.78 is 44.2. The number of morpholine rings is 1. The van der Waals surface area contributed by atoms with Gasteiger partial charge in [-0.25, -0.2) is 0 Å². The van der Waals surface area contributed by atoms with Crippen LogP contribution in [0.4, 0.5) is 18.9 Å². The molecule has 10 heteroatoms. The fraction of sp³-hybridized carbons (Fsp3) is 0.364. The van der Waals surface area contributed by atoms with Crippen molar-refractivity contribution < 1.29 is 27.5 Å². The number of halogens is 3. The molecule has 2 aliphatic heterocycles. The smallest absolute Gasteiger partial charge is 0.379 e. The quantitative estimate of drug-likeness (QED) is 0.707. The van der Waals surface area contributed by atoms with Crippen LogP contribution in [0, 0.1) is 0 Å². The van der Waals surface area contributed by atoms with Crippen LogP contribution in [-0.4, -0.2) is 55.3 Å². The van der Waals surface area contributed by atoms with Crippen LogP contribution in [0.1, 0.15) is 27.5 Å². The van der Waals surface area contributed by atoms with Gasteiger partial charge in [-0.1, -0.05) is 12.1 Å². The lowest BCUT2D eigenvalue weighted by Crippen LogP contribution is -2.43. The van der Waals surface area contributed by atoms with E-state index in [2.05, 4.69) is 15.5 Å². The Labute approximate surface area is 187 Å². The standard InChI is InChI=1S/C22H22F3N3O3S/c23-22(24,25)16-4-1-14(2-5-16)18(28-7-9-31-10-8-28)12-26-21(30)15-3-6-19-17(11-15)27-20(29)13-32-19/h1-6,11,18H,7-10,12-13H2,(H,26,30)(H,27,29). The summed E-state index contributed by atoms with van der Waals surface area (Å²) in [5.74, 6) is -0.0927. The summed E-state index contributed by atoms with van der Waals surface area (Å²) in [5, 5.41) is 5.66. The fourth-order valence-electron chi connectivity index (χ4n) is 3.76. The molecule has 0 aliphatic carbocycles. The average Bonchev–Trinajstić information content (AvgIpc) is 2.79. The van der Waals surface area contributed by atoms with E-state index in [1.54, 1.807) is 18.2 Å². The van der Waals surface area contributed by atoms with Gasteiger partial charge >= 0.3 is 6.18 Å². The lowest BCUT2D eigenvalue weighted by molar-refractivity contribution is -0.137. The molecule has 0 bridgehead atoms. The number of nitrogens with zero attached hydrogens (tertiary/aromatic N) is 1. The molecule has 170 valence electrons. The van der Waals surface area contributed by atoms with Gasteiger partial charge < -0.3 is 15.4 Å². The normalized spacial score (nSPS) is 17.9. The van der Waals surface area contributed by atoms with E-state index in [9.17, 15) is 22.8 Å². The van der Waals surface area contributed by atoms with Crippen molar-refractivity contribution in [2.75, 3.05) is 43.9 Å². The van der Waals surface area contributed by atoms with Gasteiger partial charge in [0.25, 0.3) is 5.91 Å². The minimum Gasteiger partial charge on any atom is -0.379 e. The third kappa shape index (κ3) is 5.25. The number of thioether (sulfide) groups is 1. The molecular formula is C22H22F3N3O3S. The maximum absolute atomic E-state index is 12.9. The molecule has 0 saturated carbocycles. The summed E-state index contributed by atoms with van der Waals surface area (Å²) in [7, 11) is 0. The van der Waals surface area contributed by atoms with E-state index in [-0.39, 0.29) is 24.4 Å². The first-order chi connectivity index (χ1) is 15.3. The van der Waals surface area contributed by atoms with E-state index in [1.807, 2.05) is 0 Å². The number of ether oxygens (including phenoxy) is 1. The SMILES string of the molecule is O=C1CSc2ccc(C(=O)NCC(c3ccc(C(F)(F)F)cc3)N3CCOCC3)cc2N1. The molecule has 32 heavy (non-hydrogen) atoms. The summed E-state index contributed by atoms with van der Waals surface area (Å²) in [5.41, 5.74) is 0.986. The number of anilines is 1. The fourth-order valence-corrected chi connectivity index (χ4v) is 4.55. The third-order valence-corrected chi connectivity index (χ3v) is 6.51. The molecule has 1 fully saturated rings. The molecule has 0 aromatic heterocycles. The first-order valence-electron chi connectivity index (χ1n) is 10.1. The highest BCUT2D eigenvalue weighted by molar-refractivity contribution is 8.00. The van der Waals surface area contributed by atoms with Crippen LogP contribution in [0.5, 0.6) is 0 Å². The van der Waals surface area contributed by atoms with E-state index in [1.165, 1.54) is 23.9 Å². The van der Waals surface area contributed by atoms with E-state index in [0.29, 0.717) is 48.9 Å². The molecule has 4 rings (SSSR count). The second-order valence-electron chi connectivity index (χ2n) is 7.54. The maximum atomic E-state index is 12.9. The Balaban J connectivity index is 1.49. The van der Waals surface area contributed by atoms with Crippen LogP contribution in [0.25, 0.3) is 0 Å². The molecule has 6 nitrogen and oxygen atoms in total. The second kappa shape index (κ2) is 9.51. The van der Waals surface area contributed by atoms with Crippen molar-refractivity contribution in [3.8, 4) is 0 Å². The van der Waals surface area contributed by atoms with Gasteiger partial charge in [0.05, 0.1) is 36.3 Å². The highest BCUT2D eigenvalue weighted by Gasteiger charge is 2.31. The molecule has 2 aliphatic rings. The number of hydrogen-bond donors (Lipinski definition) is 2. The van der Waals surface area contributed by atoms with Crippen LogP contribution < -0.4 is 10.6 Å². The van der Waals surface area contributed by atoms with Crippen LogP contribution in [0.3, 0.4) is 0 Å². The lowest BCUT2D eigenvalue weighted by Gasteiger charge is -2.35. The summed E-state index contributed by atoms with van der Waals surface area (Å²) in [6.07, 6.45) is -4.40. The second-order valence-corrected chi connectivity index (χ2v) is 8.56. The molecule has 2 amide bonds. The van der Waals surface area contributed by atoms with Crippen LogP contribution >= 0.6 is 11.8 Å². The number of alkyl halides is 3. The van der Waals surface area contributed by atoms with Crippen molar-refractivity contribution in [1.82, 2.24) is 10.2 Å².